The highest BCUT2D eigenvalue weighted by atomic mass is 35.5. The van der Waals surface area contributed by atoms with Crippen molar-refractivity contribution in [3.05, 3.63) is 63.3 Å². The number of benzene rings is 1. The lowest BCUT2D eigenvalue weighted by Crippen LogP contribution is -2.49. The van der Waals surface area contributed by atoms with Crippen LogP contribution >= 0.6 is 23.2 Å². The van der Waals surface area contributed by atoms with E-state index in [-0.39, 0.29) is 16.6 Å². The monoisotopic (exact) mass is 560 g/mol. The Morgan fingerprint density at radius 2 is 1.79 bits per heavy atom. The third kappa shape index (κ3) is 4.78. The molecule has 2 aromatic heterocycles. The summed E-state index contributed by atoms with van der Waals surface area (Å²) in [6.45, 7) is 0.838. The number of fused-ring (bicyclic) bond motifs is 3. The highest BCUT2D eigenvalue weighted by Gasteiger charge is 2.50. The molecule has 1 aromatic carbocycles. The zero-order valence-corrected chi connectivity index (χ0v) is 22.2. The Labute approximate surface area is 229 Å². The van der Waals surface area contributed by atoms with Gasteiger partial charge in [0.15, 0.2) is 0 Å². The Kier molecular flexibility index (Phi) is 6.61. The average Bonchev–Trinajstić information content (AvgIpc) is 3.68. The SMILES string of the molecule is O=C(O)c1cc(OCC23CCC(OCc4c(-c5c(Cl)cncc5Cl)noc4C4CC4)(CC2)CC3)ccc1F. The van der Waals surface area contributed by atoms with E-state index in [1.165, 1.54) is 12.1 Å². The van der Waals surface area contributed by atoms with Crippen molar-refractivity contribution in [1.82, 2.24) is 10.1 Å². The van der Waals surface area contributed by atoms with E-state index in [0.717, 1.165) is 68.8 Å². The summed E-state index contributed by atoms with van der Waals surface area (Å²) < 4.78 is 32.2. The number of pyridine rings is 1. The molecule has 3 aromatic rings. The molecule has 0 aliphatic heterocycles. The molecule has 0 amide bonds. The highest BCUT2D eigenvalue weighted by molar-refractivity contribution is 6.38. The first-order valence-electron chi connectivity index (χ1n) is 12.9. The quantitative estimate of drug-likeness (QED) is 0.290. The molecule has 4 aliphatic carbocycles. The van der Waals surface area contributed by atoms with Crippen molar-refractivity contribution in [3.63, 3.8) is 0 Å². The Morgan fingerprint density at radius 1 is 1.11 bits per heavy atom. The van der Waals surface area contributed by atoms with Crippen molar-refractivity contribution < 1.29 is 28.3 Å². The lowest BCUT2D eigenvalue weighted by atomic mass is 9.59. The molecule has 2 bridgehead atoms. The molecule has 2 heterocycles. The maximum atomic E-state index is 13.7. The summed E-state index contributed by atoms with van der Waals surface area (Å²) in [4.78, 5) is 15.3. The topological polar surface area (TPSA) is 94.7 Å². The van der Waals surface area contributed by atoms with Crippen LogP contribution in [0.25, 0.3) is 11.3 Å². The molecule has 4 aliphatic rings. The molecule has 0 unspecified atom stereocenters. The molecule has 7 rings (SSSR count). The Balaban J connectivity index is 1.14. The molecule has 0 radical (unpaired) electrons. The van der Waals surface area contributed by atoms with Crippen molar-refractivity contribution >= 4 is 29.2 Å². The molecular formula is C28H27Cl2FN2O5. The van der Waals surface area contributed by atoms with Gasteiger partial charge in [-0.3, -0.25) is 4.98 Å². The lowest BCUT2D eigenvalue weighted by Gasteiger charge is -2.52. The number of ether oxygens (including phenoxy) is 2. The van der Waals surface area contributed by atoms with Crippen LogP contribution < -0.4 is 4.74 Å². The Bertz CT molecular complexity index is 1340. The minimum Gasteiger partial charge on any atom is -0.493 e. The molecule has 0 saturated heterocycles. The Morgan fingerprint density at radius 3 is 2.42 bits per heavy atom. The maximum absolute atomic E-state index is 13.7. The zero-order chi connectivity index (χ0) is 26.5. The van der Waals surface area contributed by atoms with Crippen LogP contribution in [0.4, 0.5) is 4.39 Å². The van der Waals surface area contributed by atoms with Gasteiger partial charge in [-0.15, -0.1) is 0 Å². The van der Waals surface area contributed by atoms with Crippen molar-refractivity contribution in [2.24, 2.45) is 5.41 Å². The first-order chi connectivity index (χ1) is 18.3. The van der Waals surface area contributed by atoms with Gasteiger partial charge in [-0.2, -0.15) is 0 Å². The van der Waals surface area contributed by atoms with E-state index in [1.807, 2.05) is 0 Å². The normalized spacial score (nSPS) is 24.5. The molecule has 4 saturated carbocycles. The summed E-state index contributed by atoms with van der Waals surface area (Å²) in [5, 5.41) is 14.4. The molecular weight excluding hydrogens is 534 g/mol. The summed E-state index contributed by atoms with van der Waals surface area (Å²) in [6, 6.07) is 3.87. The van der Waals surface area contributed by atoms with Gasteiger partial charge in [-0.25, -0.2) is 9.18 Å². The van der Waals surface area contributed by atoms with Crippen LogP contribution in [0.5, 0.6) is 5.75 Å². The minimum absolute atomic E-state index is 0.00248. The fourth-order valence-electron chi connectivity index (χ4n) is 5.84. The fourth-order valence-corrected chi connectivity index (χ4v) is 6.39. The number of carbonyl (C=O) groups is 1. The number of hydrogen-bond acceptors (Lipinski definition) is 6. The number of aromatic nitrogens is 2. The number of aromatic carboxylic acids is 1. The van der Waals surface area contributed by atoms with Gasteiger partial charge < -0.3 is 19.1 Å². The standard InChI is InChI=1S/C28H27Cl2FN2O5/c29-20-12-32-13-21(30)23(20)24-19(25(38-33-24)16-1-2-16)14-37-28-8-5-27(6-9-28,7-10-28)15-36-17-3-4-22(31)18(11-17)26(34)35/h3-4,11-13,16H,1-2,5-10,14-15H2,(H,34,35). The third-order valence-corrected chi connectivity index (χ3v) is 9.00. The molecule has 38 heavy (non-hydrogen) atoms. The Hall–Kier alpha value is -2.68. The zero-order valence-electron chi connectivity index (χ0n) is 20.6. The second-order valence-electron chi connectivity index (χ2n) is 10.8. The number of halogens is 3. The van der Waals surface area contributed by atoms with E-state index in [0.29, 0.717) is 46.2 Å². The first kappa shape index (κ1) is 25.6. The number of hydrogen-bond donors (Lipinski definition) is 1. The van der Waals surface area contributed by atoms with Crippen LogP contribution in [0.2, 0.25) is 10.0 Å². The second-order valence-corrected chi connectivity index (χ2v) is 11.6. The van der Waals surface area contributed by atoms with E-state index in [2.05, 4.69) is 10.1 Å². The molecule has 10 heteroatoms. The predicted molar refractivity (Wildman–Crippen MR) is 138 cm³/mol. The van der Waals surface area contributed by atoms with E-state index in [1.54, 1.807) is 12.4 Å². The minimum atomic E-state index is -1.31. The van der Waals surface area contributed by atoms with E-state index < -0.39 is 11.8 Å². The average molecular weight is 561 g/mol. The smallest absolute Gasteiger partial charge is 0.338 e. The molecule has 4 fully saturated rings. The van der Waals surface area contributed by atoms with Crippen LogP contribution in [0.15, 0.2) is 35.1 Å². The van der Waals surface area contributed by atoms with Crippen molar-refractivity contribution in [2.45, 2.75) is 69.5 Å². The van der Waals surface area contributed by atoms with Gasteiger partial charge in [-0.1, -0.05) is 28.4 Å². The fraction of sp³-hybridized carbons (Fsp3) is 0.464. The summed E-state index contributed by atoms with van der Waals surface area (Å²) >= 11 is 12.9. The van der Waals surface area contributed by atoms with E-state index in [9.17, 15) is 14.3 Å². The van der Waals surface area contributed by atoms with Gasteiger partial charge in [-0.05, 0) is 69.6 Å². The largest absolute Gasteiger partial charge is 0.493 e. The molecule has 7 nitrogen and oxygen atoms in total. The lowest BCUT2D eigenvalue weighted by molar-refractivity contribution is -0.150. The van der Waals surface area contributed by atoms with Gasteiger partial charge in [0, 0.05) is 34.9 Å². The highest BCUT2D eigenvalue weighted by Crippen LogP contribution is 2.55. The van der Waals surface area contributed by atoms with Gasteiger partial charge in [0.25, 0.3) is 0 Å². The first-order valence-corrected chi connectivity index (χ1v) is 13.6. The summed E-state index contributed by atoms with van der Waals surface area (Å²) in [7, 11) is 0. The molecule has 200 valence electrons. The van der Waals surface area contributed by atoms with Crippen molar-refractivity contribution in [1.29, 1.82) is 0 Å². The van der Waals surface area contributed by atoms with Gasteiger partial charge in [0.1, 0.15) is 23.0 Å². The van der Waals surface area contributed by atoms with Crippen LogP contribution in [0.3, 0.4) is 0 Å². The summed E-state index contributed by atoms with van der Waals surface area (Å²) in [5.41, 5.74) is 1.54. The third-order valence-electron chi connectivity index (χ3n) is 8.43. The molecule has 1 N–H and O–H groups in total. The maximum Gasteiger partial charge on any atom is 0.338 e. The summed E-state index contributed by atoms with van der Waals surface area (Å²) in [6.07, 6.45) is 10.7. The molecule has 0 atom stereocenters. The molecule has 0 spiro atoms. The van der Waals surface area contributed by atoms with E-state index in [4.69, 9.17) is 37.2 Å². The number of nitrogens with zero attached hydrogens (tertiary/aromatic N) is 2. The van der Waals surface area contributed by atoms with Crippen molar-refractivity contribution in [2.75, 3.05) is 6.61 Å². The van der Waals surface area contributed by atoms with Crippen LogP contribution in [0, 0.1) is 11.2 Å². The van der Waals surface area contributed by atoms with Crippen LogP contribution in [-0.2, 0) is 11.3 Å². The van der Waals surface area contributed by atoms with Crippen LogP contribution in [0.1, 0.15) is 79.0 Å². The van der Waals surface area contributed by atoms with E-state index >= 15 is 0 Å². The number of carboxylic acid groups (broad SMARTS) is 1. The number of rotatable bonds is 9. The predicted octanol–water partition coefficient (Wildman–Crippen LogP) is 7.45. The summed E-state index contributed by atoms with van der Waals surface area (Å²) in [5.74, 6) is -0.498. The van der Waals surface area contributed by atoms with Gasteiger partial charge in [0.05, 0.1) is 34.4 Å². The van der Waals surface area contributed by atoms with Crippen LogP contribution in [-0.4, -0.2) is 33.4 Å². The number of carboxylic acids is 1. The van der Waals surface area contributed by atoms with Crippen molar-refractivity contribution in [3.8, 4) is 17.0 Å². The van der Waals surface area contributed by atoms with Gasteiger partial charge in [0.2, 0.25) is 0 Å². The second kappa shape index (κ2) is 9.81. The van der Waals surface area contributed by atoms with Gasteiger partial charge >= 0.3 is 5.97 Å².